The molecule has 0 spiro atoms. The Labute approximate surface area is 118 Å². The number of hydrogen-bond donors (Lipinski definition) is 2. The fourth-order valence-corrected chi connectivity index (χ4v) is 3.34. The molecule has 0 aromatic heterocycles. The van der Waals surface area contributed by atoms with E-state index in [0.29, 0.717) is 5.56 Å². The normalized spacial score (nSPS) is 21.0. The van der Waals surface area contributed by atoms with Gasteiger partial charge in [0.2, 0.25) is 10.0 Å². The van der Waals surface area contributed by atoms with Gasteiger partial charge in [0.1, 0.15) is 0 Å². The van der Waals surface area contributed by atoms with E-state index in [1.54, 1.807) is 12.1 Å². The lowest BCUT2D eigenvalue weighted by Crippen LogP contribution is -2.28. The fraction of sp³-hybridized carbons (Fsp3) is 0.357. The van der Waals surface area contributed by atoms with Gasteiger partial charge in [0.15, 0.2) is 0 Å². The maximum atomic E-state index is 12.2. The highest BCUT2D eigenvalue weighted by Gasteiger charge is 2.47. The summed E-state index contributed by atoms with van der Waals surface area (Å²) in [6.45, 7) is 4.01. The zero-order valence-electron chi connectivity index (χ0n) is 11.3. The molecule has 1 saturated carbocycles. The predicted octanol–water partition coefficient (Wildman–Crippen LogP) is 1.86. The lowest BCUT2D eigenvalue weighted by molar-refractivity contribution is -0.131. The number of nitrogens with one attached hydrogen (secondary N) is 1. The first-order valence-corrected chi connectivity index (χ1v) is 7.72. The predicted molar refractivity (Wildman–Crippen MR) is 75.6 cm³/mol. The summed E-state index contributed by atoms with van der Waals surface area (Å²) in [4.78, 5) is 10.6. The third kappa shape index (κ3) is 3.46. The summed E-state index contributed by atoms with van der Waals surface area (Å²) >= 11 is 0. The van der Waals surface area contributed by atoms with E-state index in [1.807, 2.05) is 13.8 Å². The summed E-state index contributed by atoms with van der Waals surface area (Å²) < 4.78 is 27.1. The van der Waals surface area contributed by atoms with Gasteiger partial charge in [0, 0.05) is 12.1 Å². The van der Waals surface area contributed by atoms with Crippen LogP contribution in [-0.4, -0.2) is 25.5 Å². The Kier molecular flexibility index (Phi) is 3.71. The number of benzene rings is 1. The molecular formula is C14H17NO4S. The highest BCUT2D eigenvalue weighted by molar-refractivity contribution is 7.89. The Morgan fingerprint density at radius 3 is 2.65 bits per heavy atom. The van der Waals surface area contributed by atoms with Gasteiger partial charge in [0.05, 0.1) is 4.90 Å². The second kappa shape index (κ2) is 5.03. The van der Waals surface area contributed by atoms with E-state index < -0.39 is 16.0 Å². The average molecular weight is 295 g/mol. The van der Waals surface area contributed by atoms with Crippen LogP contribution >= 0.6 is 0 Å². The van der Waals surface area contributed by atoms with Crippen LogP contribution in [0.2, 0.25) is 0 Å². The maximum absolute atomic E-state index is 12.2. The maximum Gasteiger partial charge on any atom is 0.328 e. The molecule has 0 heterocycles. The third-order valence-electron chi connectivity index (χ3n) is 3.40. The molecule has 1 aromatic rings. The lowest BCUT2D eigenvalue weighted by Gasteiger charge is -2.08. The third-order valence-corrected chi connectivity index (χ3v) is 4.87. The van der Waals surface area contributed by atoms with Gasteiger partial charge in [-0.2, -0.15) is 0 Å². The number of aliphatic carboxylic acids is 1. The molecule has 2 rings (SSSR count). The van der Waals surface area contributed by atoms with Gasteiger partial charge in [0.25, 0.3) is 0 Å². The van der Waals surface area contributed by atoms with Gasteiger partial charge in [-0.1, -0.05) is 26.0 Å². The minimum Gasteiger partial charge on any atom is -0.478 e. The van der Waals surface area contributed by atoms with Crippen molar-refractivity contribution in [2.24, 2.45) is 5.41 Å². The standard InChI is InChI=1S/C14H17NO4S/c1-14(2)9-12(14)15-20(18,19)11-5-3-4-10(8-11)6-7-13(16)17/h3-8,12,15H,9H2,1-2H3,(H,16,17). The van der Waals surface area contributed by atoms with Crippen molar-refractivity contribution in [2.75, 3.05) is 0 Å². The molecule has 0 amide bonds. The molecule has 0 radical (unpaired) electrons. The fourth-order valence-electron chi connectivity index (χ4n) is 1.88. The Balaban J connectivity index is 2.20. The van der Waals surface area contributed by atoms with Crippen LogP contribution in [-0.2, 0) is 14.8 Å². The van der Waals surface area contributed by atoms with Crippen LogP contribution in [0.25, 0.3) is 6.08 Å². The molecule has 0 saturated heterocycles. The van der Waals surface area contributed by atoms with Crippen molar-refractivity contribution in [3.63, 3.8) is 0 Å². The summed E-state index contributed by atoms with van der Waals surface area (Å²) in [5.41, 5.74) is 0.541. The average Bonchev–Trinajstić information content (AvgIpc) is 2.93. The summed E-state index contributed by atoms with van der Waals surface area (Å²) in [6, 6.07) is 6.16. The van der Waals surface area contributed by atoms with Crippen molar-refractivity contribution in [3.05, 3.63) is 35.9 Å². The molecule has 1 aromatic carbocycles. The van der Waals surface area contributed by atoms with E-state index in [2.05, 4.69) is 4.72 Å². The number of rotatable bonds is 5. The molecule has 2 N–H and O–H groups in total. The van der Waals surface area contributed by atoms with Crippen LogP contribution in [0.1, 0.15) is 25.8 Å². The zero-order chi connectivity index (χ0) is 15.0. The molecule has 1 aliphatic carbocycles. The first-order valence-electron chi connectivity index (χ1n) is 6.24. The molecule has 6 heteroatoms. The van der Waals surface area contributed by atoms with Gasteiger partial charge < -0.3 is 5.11 Å². The number of carboxylic acid groups (broad SMARTS) is 1. The van der Waals surface area contributed by atoms with E-state index in [-0.39, 0.29) is 16.4 Å². The van der Waals surface area contributed by atoms with E-state index in [0.717, 1.165) is 12.5 Å². The number of hydrogen-bond acceptors (Lipinski definition) is 3. The summed E-state index contributed by atoms with van der Waals surface area (Å²) in [5, 5.41) is 8.57. The van der Waals surface area contributed by atoms with Gasteiger partial charge in [-0.05, 0) is 35.6 Å². The van der Waals surface area contributed by atoms with Gasteiger partial charge in [-0.3, -0.25) is 0 Å². The van der Waals surface area contributed by atoms with E-state index in [1.165, 1.54) is 18.2 Å². The molecule has 1 unspecified atom stereocenters. The first kappa shape index (κ1) is 14.7. The Morgan fingerprint density at radius 1 is 1.45 bits per heavy atom. The lowest BCUT2D eigenvalue weighted by atomic mass is 10.2. The van der Waals surface area contributed by atoms with Crippen molar-refractivity contribution in [1.29, 1.82) is 0 Å². The summed E-state index contributed by atoms with van der Waals surface area (Å²) in [7, 11) is -3.56. The van der Waals surface area contributed by atoms with Crippen LogP contribution in [0, 0.1) is 5.41 Å². The summed E-state index contributed by atoms with van der Waals surface area (Å²) in [6.07, 6.45) is 3.16. The Morgan fingerprint density at radius 2 is 2.10 bits per heavy atom. The van der Waals surface area contributed by atoms with Crippen LogP contribution < -0.4 is 4.72 Å². The van der Waals surface area contributed by atoms with Crippen molar-refractivity contribution in [1.82, 2.24) is 4.72 Å². The minimum absolute atomic E-state index is 0.00783. The van der Waals surface area contributed by atoms with Gasteiger partial charge in [-0.25, -0.2) is 17.9 Å². The molecule has 5 nitrogen and oxygen atoms in total. The van der Waals surface area contributed by atoms with E-state index in [9.17, 15) is 13.2 Å². The second-order valence-corrected chi connectivity index (χ2v) is 7.32. The smallest absolute Gasteiger partial charge is 0.328 e. The molecular weight excluding hydrogens is 278 g/mol. The van der Waals surface area contributed by atoms with Crippen molar-refractivity contribution < 1.29 is 18.3 Å². The van der Waals surface area contributed by atoms with Crippen LogP contribution in [0.3, 0.4) is 0 Å². The van der Waals surface area contributed by atoms with E-state index >= 15 is 0 Å². The zero-order valence-corrected chi connectivity index (χ0v) is 12.1. The Hall–Kier alpha value is -1.66. The van der Waals surface area contributed by atoms with E-state index in [4.69, 9.17) is 5.11 Å². The van der Waals surface area contributed by atoms with Gasteiger partial charge >= 0.3 is 5.97 Å². The molecule has 20 heavy (non-hydrogen) atoms. The second-order valence-electron chi connectivity index (χ2n) is 5.61. The van der Waals surface area contributed by atoms with Crippen molar-refractivity contribution in [2.45, 2.75) is 31.2 Å². The highest BCUT2D eigenvalue weighted by atomic mass is 32.2. The van der Waals surface area contributed by atoms with Crippen LogP contribution in [0.5, 0.6) is 0 Å². The molecule has 1 fully saturated rings. The highest BCUT2D eigenvalue weighted by Crippen LogP contribution is 2.45. The molecule has 1 atom stereocenters. The monoisotopic (exact) mass is 295 g/mol. The van der Waals surface area contributed by atoms with Crippen LogP contribution in [0.4, 0.5) is 0 Å². The quantitative estimate of drug-likeness (QED) is 0.812. The molecule has 1 aliphatic rings. The van der Waals surface area contributed by atoms with Crippen molar-refractivity contribution >= 4 is 22.1 Å². The van der Waals surface area contributed by atoms with Crippen LogP contribution in [0.15, 0.2) is 35.2 Å². The summed E-state index contributed by atoms with van der Waals surface area (Å²) in [5.74, 6) is -1.07. The Bertz CT molecular complexity index is 662. The molecule has 108 valence electrons. The van der Waals surface area contributed by atoms with Crippen molar-refractivity contribution in [3.8, 4) is 0 Å². The molecule has 0 bridgehead atoms. The number of carboxylic acids is 1. The number of sulfonamides is 1. The largest absolute Gasteiger partial charge is 0.478 e. The number of carbonyl (C=O) groups is 1. The minimum atomic E-state index is -3.56. The van der Waals surface area contributed by atoms with Gasteiger partial charge in [-0.15, -0.1) is 0 Å². The first-order chi connectivity index (χ1) is 9.21. The topological polar surface area (TPSA) is 83.5 Å². The molecule has 0 aliphatic heterocycles. The SMILES string of the molecule is CC1(C)CC1NS(=O)(=O)c1cccc(C=CC(=O)O)c1.